The molecule has 0 aliphatic heterocycles. The van der Waals surface area contributed by atoms with Gasteiger partial charge in [0.1, 0.15) is 0 Å². The zero-order valence-corrected chi connectivity index (χ0v) is 9.68. The summed E-state index contributed by atoms with van der Waals surface area (Å²) in [6.07, 6.45) is 4.52. The summed E-state index contributed by atoms with van der Waals surface area (Å²) in [5.41, 5.74) is 0.983. The molecule has 0 aliphatic rings. The first kappa shape index (κ1) is 10.9. The van der Waals surface area contributed by atoms with E-state index in [0.29, 0.717) is 5.92 Å². The molecule has 0 spiro atoms. The summed E-state index contributed by atoms with van der Waals surface area (Å²) < 4.78 is 1.81. The lowest BCUT2D eigenvalue weighted by atomic mass is 10.1. The van der Waals surface area contributed by atoms with Gasteiger partial charge in [0.05, 0.1) is 11.7 Å². The second-order valence-corrected chi connectivity index (χ2v) is 4.44. The maximum atomic E-state index is 11.8. The summed E-state index contributed by atoms with van der Waals surface area (Å²) in [6, 6.07) is 5.41. The van der Waals surface area contributed by atoms with Crippen molar-refractivity contribution in [3.8, 4) is 0 Å². The van der Waals surface area contributed by atoms with Gasteiger partial charge < -0.3 is 4.57 Å². The number of rotatable bonds is 3. The summed E-state index contributed by atoms with van der Waals surface area (Å²) in [5, 5.41) is 1.07. The quantitative estimate of drug-likeness (QED) is 0.789. The molecule has 0 N–H and O–H groups in total. The minimum absolute atomic E-state index is 0.0566. The van der Waals surface area contributed by atoms with Crippen molar-refractivity contribution in [2.45, 2.75) is 26.8 Å². The van der Waals surface area contributed by atoms with Gasteiger partial charge in [-0.15, -0.1) is 0 Å². The van der Waals surface area contributed by atoms with Gasteiger partial charge in [0.15, 0.2) is 0 Å². The standard InChI is InChI=1S/C13H16N2O/c1-10(2)6-8-15-12-9-14-7-5-11(12)3-4-13(15)16/h3-5,7,9-10H,6,8H2,1-2H3. The molecule has 0 saturated heterocycles. The van der Waals surface area contributed by atoms with E-state index in [2.05, 4.69) is 18.8 Å². The largest absolute Gasteiger partial charge is 0.307 e. The van der Waals surface area contributed by atoms with Crippen LogP contribution >= 0.6 is 0 Å². The molecule has 16 heavy (non-hydrogen) atoms. The summed E-state index contributed by atoms with van der Waals surface area (Å²) >= 11 is 0. The van der Waals surface area contributed by atoms with Crippen molar-refractivity contribution >= 4 is 10.9 Å². The van der Waals surface area contributed by atoms with Gasteiger partial charge in [-0.1, -0.05) is 13.8 Å². The predicted octanol–water partition coefficient (Wildman–Crippen LogP) is 2.44. The van der Waals surface area contributed by atoms with Crippen LogP contribution in [0.4, 0.5) is 0 Å². The summed E-state index contributed by atoms with van der Waals surface area (Å²) in [4.78, 5) is 15.9. The maximum Gasteiger partial charge on any atom is 0.251 e. The minimum Gasteiger partial charge on any atom is -0.307 e. The Hall–Kier alpha value is -1.64. The zero-order chi connectivity index (χ0) is 11.5. The van der Waals surface area contributed by atoms with Crippen LogP contribution in [0, 0.1) is 5.92 Å². The van der Waals surface area contributed by atoms with E-state index in [0.717, 1.165) is 23.9 Å². The van der Waals surface area contributed by atoms with Gasteiger partial charge in [0, 0.05) is 24.2 Å². The highest BCUT2D eigenvalue weighted by Gasteiger charge is 2.03. The third-order valence-electron chi connectivity index (χ3n) is 2.73. The van der Waals surface area contributed by atoms with Crippen LogP contribution in [0.1, 0.15) is 20.3 Å². The van der Waals surface area contributed by atoms with Crippen LogP contribution in [0.5, 0.6) is 0 Å². The fraction of sp³-hybridized carbons (Fsp3) is 0.385. The molecule has 0 radical (unpaired) electrons. The smallest absolute Gasteiger partial charge is 0.251 e. The van der Waals surface area contributed by atoms with Crippen LogP contribution < -0.4 is 5.56 Å². The van der Waals surface area contributed by atoms with Crippen molar-refractivity contribution in [3.05, 3.63) is 40.9 Å². The molecule has 3 nitrogen and oxygen atoms in total. The van der Waals surface area contributed by atoms with Gasteiger partial charge in [-0.2, -0.15) is 0 Å². The van der Waals surface area contributed by atoms with Gasteiger partial charge in [-0.25, -0.2) is 0 Å². The van der Waals surface area contributed by atoms with Gasteiger partial charge in [0.25, 0.3) is 5.56 Å². The Morgan fingerprint density at radius 1 is 1.31 bits per heavy atom. The Labute approximate surface area is 94.7 Å². The van der Waals surface area contributed by atoms with Crippen LogP contribution in [0.3, 0.4) is 0 Å². The molecule has 2 heterocycles. The fourth-order valence-electron chi connectivity index (χ4n) is 1.75. The SMILES string of the molecule is CC(C)CCn1c(=O)ccc2ccncc21. The van der Waals surface area contributed by atoms with Crippen LogP contribution in [0.15, 0.2) is 35.4 Å². The number of fused-ring (bicyclic) bond motifs is 1. The van der Waals surface area contributed by atoms with E-state index in [-0.39, 0.29) is 5.56 Å². The first-order valence-corrected chi connectivity index (χ1v) is 5.62. The van der Waals surface area contributed by atoms with E-state index < -0.39 is 0 Å². The molecule has 2 aromatic heterocycles. The maximum absolute atomic E-state index is 11.8. The Morgan fingerprint density at radius 2 is 2.12 bits per heavy atom. The van der Waals surface area contributed by atoms with E-state index in [1.807, 2.05) is 16.7 Å². The van der Waals surface area contributed by atoms with Gasteiger partial charge in [-0.3, -0.25) is 9.78 Å². The number of hydrogen-bond donors (Lipinski definition) is 0. The van der Waals surface area contributed by atoms with Crippen LogP contribution in [-0.4, -0.2) is 9.55 Å². The van der Waals surface area contributed by atoms with Gasteiger partial charge in [-0.05, 0) is 24.5 Å². The van der Waals surface area contributed by atoms with Crippen LogP contribution in [-0.2, 0) is 6.54 Å². The van der Waals surface area contributed by atoms with Crippen molar-refractivity contribution in [1.82, 2.24) is 9.55 Å². The number of hydrogen-bond acceptors (Lipinski definition) is 2. The highest BCUT2D eigenvalue weighted by Crippen LogP contribution is 2.11. The fourth-order valence-corrected chi connectivity index (χ4v) is 1.75. The van der Waals surface area contributed by atoms with Gasteiger partial charge >= 0.3 is 0 Å². The molecule has 0 aromatic carbocycles. The van der Waals surface area contributed by atoms with E-state index in [4.69, 9.17) is 0 Å². The average molecular weight is 216 g/mol. The summed E-state index contributed by atoms with van der Waals surface area (Å²) in [5.74, 6) is 0.596. The summed E-state index contributed by atoms with van der Waals surface area (Å²) in [6.45, 7) is 5.09. The lowest BCUT2D eigenvalue weighted by molar-refractivity contribution is 0.516. The van der Waals surface area contributed by atoms with E-state index >= 15 is 0 Å². The molecule has 0 amide bonds. The van der Waals surface area contributed by atoms with Crippen molar-refractivity contribution < 1.29 is 0 Å². The first-order valence-electron chi connectivity index (χ1n) is 5.62. The molecule has 0 atom stereocenters. The summed E-state index contributed by atoms with van der Waals surface area (Å²) in [7, 11) is 0. The molecule has 0 unspecified atom stereocenters. The zero-order valence-electron chi connectivity index (χ0n) is 9.68. The molecule has 2 rings (SSSR count). The molecule has 0 fully saturated rings. The molecule has 2 aromatic rings. The van der Waals surface area contributed by atoms with Crippen molar-refractivity contribution in [2.24, 2.45) is 5.92 Å². The first-order chi connectivity index (χ1) is 7.68. The third kappa shape index (κ3) is 2.13. The topological polar surface area (TPSA) is 34.9 Å². The van der Waals surface area contributed by atoms with Crippen molar-refractivity contribution in [2.75, 3.05) is 0 Å². The predicted molar refractivity (Wildman–Crippen MR) is 65.5 cm³/mol. The lowest BCUT2D eigenvalue weighted by Gasteiger charge is -2.10. The molecule has 0 bridgehead atoms. The van der Waals surface area contributed by atoms with E-state index in [1.54, 1.807) is 18.5 Å². The molecule has 0 aliphatic carbocycles. The molecule has 0 saturated carbocycles. The Morgan fingerprint density at radius 3 is 2.88 bits per heavy atom. The van der Waals surface area contributed by atoms with Crippen LogP contribution in [0.2, 0.25) is 0 Å². The molecular weight excluding hydrogens is 200 g/mol. The highest BCUT2D eigenvalue weighted by molar-refractivity contribution is 5.77. The van der Waals surface area contributed by atoms with E-state index in [1.165, 1.54) is 0 Å². The monoisotopic (exact) mass is 216 g/mol. The number of aryl methyl sites for hydroxylation is 1. The molecule has 84 valence electrons. The van der Waals surface area contributed by atoms with Crippen molar-refractivity contribution in [1.29, 1.82) is 0 Å². The lowest BCUT2D eigenvalue weighted by Crippen LogP contribution is -2.20. The Bertz CT molecular complexity index is 543. The average Bonchev–Trinajstić information content (AvgIpc) is 2.27. The normalized spacial score (nSPS) is 11.2. The highest BCUT2D eigenvalue weighted by atomic mass is 16.1. The second-order valence-electron chi connectivity index (χ2n) is 4.44. The number of aromatic nitrogens is 2. The Kier molecular flexibility index (Phi) is 3.04. The number of pyridine rings is 2. The molecule has 3 heteroatoms. The minimum atomic E-state index is 0.0566. The van der Waals surface area contributed by atoms with Crippen molar-refractivity contribution in [3.63, 3.8) is 0 Å². The van der Waals surface area contributed by atoms with Crippen LogP contribution in [0.25, 0.3) is 10.9 Å². The Balaban J connectivity index is 2.49. The third-order valence-corrected chi connectivity index (χ3v) is 2.73. The number of nitrogens with zero attached hydrogens (tertiary/aromatic N) is 2. The van der Waals surface area contributed by atoms with Gasteiger partial charge in [0.2, 0.25) is 0 Å². The second kappa shape index (κ2) is 4.47. The van der Waals surface area contributed by atoms with E-state index in [9.17, 15) is 4.79 Å². The molecular formula is C13H16N2O.